The maximum atomic E-state index is 13.4. The average molecular weight is 200 g/mol. The van der Waals surface area contributed by atoms with E-state index in [1.165, 1.54) is 31.8 Å². The number of nitrogens with zero attached hydrogens (tertiary/aromatic N) is 2. The molecule has 0 spiro atoms. The molecule has 14 heavy (non-hydrogen) atoms. The normalized spacial score (nSPS) is 11.5. The summed E-state index contributed by atoms with van der Waals surface area (Å²) in [5.74, 6) is -0.336. The predicted octanol–water partition coefficient (Wildman–Crippen LogP) is 1.36. The van der Waals surface area contributed by atoms with Crippen molar-refractivity contribution in [1.82, 2.24) is 9.78 Å². The molecule has 1 rings (SSSR count). The van der Waals surface area contributed by atoms with Crippen molar-refractivity contribution in [1.29, 1.82) is 0 Å². The fourth-order valence-electron chi connectivity index (χ4n) is 1.11. The van der Waals surface area contributed by atoms with Crippen LogP contribution in [0.25, 0.3) is 0 Å². The summed E-state index contributed by atoms with van der Waals surface area (Å²) >= 11 is 0. The van der Waals surface area contributed by atoms with E-state index in [2.05, 4.69) is 5.10 Å². The van der Waals surface area contributed by atoms with E-state index in [1.54, 1.807) is 7.05 Å². The van der Waals surface area contributed by atoms with Crippen LogP contribution in [0.1, 0.15) is 24.3 Å². The monoisotopic (exact) mass is 200 g/mol. The van der Waals surface area contributed by atoms with Crippen LogP contribution in [0.15, 0.2) is 6.20 Å². The minimum absolute atomic E-state index is 0.153. The number of Topliss-reactive ketones (excluding diaryl/α,β-unsaturated/α-hetero) is 1. The molecule has 0 aliphatic rings. The van der Waals surface area contributed by atoms with Crippen molar-refractivity contribution in [3.63, 3.8) is 0 Å². The molecule has 0 radical (unpaired) electrons. The Hall–Kier alpha value is -1.39. The lowest BCUT2D eigenvalue weighted by atomic mass is 10.0. The van der Waals surface area contributed by atoms with E-state index < -0.39 is 11.5 Å². The number of alkyl halides is 1. The molecule has 0 N–H and O–H groups in total. The van der Waals surface area contributed by atoms with Crippen LogP contribution in [0, 0.1) is 0 Å². The Morgan fingerprint density at radius 1 is 1.64 bits per heavy atom. The van der Waals surface area contributed by atoms with Crippen LogP contribution >= 0.6 is 0 Å². The second kappa shape index (κ2) is 3.40. The van der Waals surface area contributed by atoms with Gasteiger partial charge in [0.1, 0.15) is 5.69 Å². The molecule has 0 unspecified atom stereocenters. The molecule has 1 aromatic heterocycles. The van der Waals surface area contributed by atoms with Crippen molar-refractivity contribution in [2.45, 2.75) is 19.5 Å². The number of ether oxygens (including phenoxy) is 1. The topological polar surface area (TPSA) is 44.1 Å². The van der Waals surface area contributed by atoms with Crippen LogP contribution in [-0.4, -0.2) is 28.3 Å². The number of rotatable bonds is 3. The quantitative estimate of drug-likeness (QED) is 0.692. The van der Waals surface area contributed by atoms with E-state index in [0.29, 0.717) is 5.75 Å². The highest BCUT2D eigenvalue weighted by atomic mass is 19.1. The maximum Gasteiger partial charge on any atom is 0.221 e. The van der Waals surface area contributed by atoms with Crippen LogP contribution in [0.4, 0.5) is 4.39 Å². The SMILES string of the molecule is COc1cnn(C)c1C(=O)C(C)(C)F. The lowest BCUT2D eigenvalue weighted by Gasteiger charge is -2.13. The number of carbonyl (C=O) groups excluding carboxylic acids is 1. The molecule has 0 aromatic carbocycles. The van der Waals surface area contributed by atoms with Gasteiger partial charge >= 0.3 is 0 Å². The Bertz CT molecular complexity index is 352. The number of carbonyl (C=O) groups is 1. The minimum atomic E-state index is -1.92. The predicted molar refractivity (Wildman–Crippen MR) is 49.3 cm³/mol. The average Bonchev–Trinajstić information content (AvgIpc) is 2.43. The fraction of sp³-hybridized carbons (Fsp3) is 0.556. The molecule has 1 aromatic rings. The van der Waals surface area contributed by atoms with Gasteiger partial charge in [-0.3, -0.25) is 9.48 Å². The first-order valence-corrected chi connectivity index (χ1v) is 4.17. The molecule has 0 aliphatic heterocycles. The van der Waals surface area contributed by atoms with Gasteiger partial charge in [0.25, 0.3) is 0 Å². The highest BCUT2D eigenvalue weighted by molar-refractivity contribution is 6.02. The van der Waals surface area contributed by atoms with E-state index in [0.717, 1.165) is 0 Å². The number of aromatic nitrogens is 2. The van der Waals surface area contributed by atoms with Gasteiger partial charge in [-0.15, -0.1) is 0 Å². The van der Waals surface area contributed by atoms with E-state index >= 15 is 0 Å². The van der Waals surface area contributed by atoms with Crippen LogP contribution < -0.4 is 4.74 Å². The Morgan fingerprint density at radius 3 is 2.64 bits per heavy atom. The first-order valence-electron chi connectivity index (χ1n) is 4.17. The van der Waals surface area contributed by atoms with Crippen LogP contribution in [0.3, 0.4) is 0 Å². The number of hydrogen-bond donors (Lipinski definition) is 0. The second-order valence-electron chi connectivity index (χ2n) is 3.49. The van der Waals surface area contributed by atoms with E-state index in [-0.39, 0.29) is 5.69 Å². The van der Waals surface area contributed by atoms with Crippen LogP contribution in [0.2, 0.25) is 0 Å². The van der Waals surface area contributed by atoms with Gasteiger partial charge in [-0.2, -0.15) is 5.10 Å². The molecule has 0 aliphatic carbocycles. The third kappa shape index (κ3) is 1.76. The highest BCUT2D eigenvalue weighted by Crippen LogP contribution is 2.23. The number of aryl methyl sites for hydroxylation is 1. The molecule has 1 heterocycles. The fourth-order valence-corrected chi connectivity index (χ4v) is 1.11. The van der Waals surface area contributed by atoms with Gasteiger partial charge in [0.2, 0.25) is 5.78 Å². The summed E-state index contributed by atoms with van der Waals surface area (Å²) in [7, 11) is 2.99. The Labute approximate surface area is 81.7 Å². The van der Waals surface area contributed by atoms with Crippen molar-refractivity contribution in [3.8, 4) is 5.75 Å². The summed E-state index contributed by atoms with van der Waals surface area (Å²) in [6.07, 6.45) is 1.39. The van der Waals surface area contributed by atoms with E-state index in [4.69, 9.17) is 4.74 Å². The second-order valence-corrected chi connectivity index (χ2v) is 3.49. The summed E-state index contributed by atoms with van der Waals surface area (Å²) in [5.41, 5.74) is -1.76. The van der Waals surface area contributed by atoms with E-state index in [9.17, 15) is 9.18 Å². The molecule has 0 amide bonds. The van der Waals surface area contributed by atoms with Gasteiger partial charge in [-0.25, -0.2) is 4.39 Å². The standard InChI is InChI=1S/C9H13FN2O2/c1-9(2,10)8(13)7-6(14-4)5-11-12(7)3/h5H,1-4H3. The van der Waals surface area contributed by atoms with Crippen molar-refractivity contribution >= 4 is 5.78 Å². The summed E-state index contributed by atoms with van der Waals surface area (Å²) in [4.78, 5) is 11.6. The van der Waals surface area contributed by atoms with Gasteiger partial charge in [0.15, 0.2) is 11.4 Å². The van der Waals surface area contributed by atoms with E-state index in [1.807, 2.05) is 0 Å². The molecule has 0 saturated heterocycles. The van der Waals surface area contributed by atoms with Gasteiger partial charge in [-0.05, 0) is 13.8 Å². The lowest BCUT2D eigenvalue weighted by molar-refractivity contribution is 0.0746. The Morgan fingerprint density at radius 2 is 2.21 bits per heavy atom. The van der Waals surface area contributed by atoms with Gasteiger partial charge in [0, 0.05) is 7.05 Å². The zero-order valence-corrected chi connectivity index (χ0v) is 8.67. The molecule has 0 saturated carbocycles. The number of halogens is 1. The van der Waals surface area contributed by atoms with Gasteiger partial charge in [0.05, 0.1) is 13.3 Å². The lowest BCUT2D eigenvalue weighted by Crippen LogP contribution is -2.28. The molecule has 0 atom stereocenters. The van der Waals surface area contributed by atoms with Gasteiger partial charge < -0.3 is 4.74 Å². The zero-order valence-electron chi connectivity index (χ0n) is 8.67. The molecule has 0 bridgehead atoms. The van der Waals surface area contributed by atoms with Gasteiger partial charge in [-0.1, -0.05) is 0 Å². The van der Waals surface area contributed by atoms with Crippen molar-refractivity contribution in [2.24, 2.45) is 7.05 Å². The molecule has 5 heteroatoms. The zero-order chi connectivity index (χ0) is 10.9. The first-order chi connectivity index (χ1) is 6.38. The number of methoxy groups -OCH3 is 1. The Kier molecular flexibility index (Phi) is 2.59. The molecule has 4 nitrogen and oxygen atoms in total. The van der Waals surface area contributed by atoms with Crippen molar-refractivity contribution in [3.05, 3.63) is 11.9 Å². The smallest absolute Gasteiger partial charge is 0.221 e. The van der Waals surface area contributed by atoms with Crippen molar-refractivity contribution in [2.75, 3.05) is 7.11 Å². The summed E-state index contributed by atoms with van der Waals surface area (Å²) in [6, 6.07) is 0. The summed E-state index contributed by atoms with van der Waals surface area (Å²) in [6.45, 7) is 2.42. The van der Waals surface area contributed by atoms with Crippen LogP contribution in [-0.2, 0) is 7.05 Å². The third-order valence-corrected chi connectivity index (χ3v) is 1.88. The maximum absolute atomic E-state index is 13.4. The number of ketones is 1. The largest absolute Gasteiger partial charge is 0.493 e. The number of hydrogen-bond acceptors (Lipinski definition) is 3. The van der Waals surface area contributed by atoms with Crippen LogP contribution in [0.5, 0.6) is 5.75 Å². The molecular weight excluding hydrogens is 187 g/mol. The summed E-state index contributed by atoms with van der Waals surface area (Å²) < 4.78 is 19.6. The highest BCUT2D eigenvalue weighted by Gasteiger charge is 2.32. The first kappa shape index (κ1) is 10.7. The molecule has 78 valence electrons. The molecule has 0 fully saturated rings. The Balaban J connectivity index is 3.18. The summed E-state index contributed by atoms with van der Waals surface area (Å²) in [5, 5.41) is 3.83. The van der Waals surface area contributed by atoms with Crippen molar-refractivity contribution < 1.29 is 13.9 Å². The molecular formula is C9H13FN2O2. The third-order valence-electron chi connectivity index (χ3n) is 1.88. The minimum Gasteiger partial charge on any atom is -0.493 e.